The summed E-state index contributed by atoms with van der Waals surface area (Å²) >= 11 is 18.4. The molecule has 3 aromatic carbocycles. The Morgan fingerprint density at radius 2 is 1.77 bits per heavy atom. The van der Waals surface area contributed by atoms with Crippen LogP contribution in [0.2, 0.25) is 15.1 Å². The first-order valence-corrected chi connectivity index (χ1v) is 14.4. The molecule has 1 unspecified atom stereocenters. The first-order chi connectivity index (χ1) is 19.2. The topological polar surface area (TPSA) is 70.7 Å². The molecular weight excluding hydrogens is 576 g/mol. The minimum absolute atomic E-state index is 0.0915. The number of fused-ring (bicyclic) bond motifs is 2. The highest BCUT2D eigenvalue weighted by atomic mass is 35.5. The molecular formula is C30H29Cl3FN3O3. The Balaban J connectivity index is 1.21. The Morgan fingerprint density at radius 3 is 2.50 bits per heavy atom. The lowest BCUT2D eigenvalue weighted by Gasteiger charge is -2.44. The van der Waals surface area contributed by atoms with Gasteiger partial charge in [0.1, 0.15) is 11.4 Å². The highest BCUT2D eigenvalue weighted by Crippen LogP contribution is 2.43. The maximum atomic E-state index is 14.0. The number of hydrogen-bond acceptors (Lipinski definition) is 4. The van der Waals surface area contributed by atoms with Crippen LogP contribution in [0.25, 0.3) is 0 Å². The van der Waals surface area contributed by atoms with Crippen LogP contribution in [0.5, 0.6) is 0 Å². The zero-order valence-electron chi connectivity index (χ0n) is 21.7. The van der Waals surface area contributed by atoms with Crippen LogP contribution >= 0.6 is 34.8 Å². The van der Waals surface area contributed by atoms with Crippen molar-refractivity contribution < 1.29 is 18.7 Å². The number of carbonyl (C=O) groups is 2. The van der Waals surface area contributed by atoms with Crippen molar-refractivity contribution >= 4 is 52.5 Å². The number of ether oxygens (including phenoxy) is 1. The van der Waals surface area contributed by atoms with Crippen molar-refractivity contribution in [3.05, 3.63) is 98.2 Å². The zero-order chi connectivity index (χ0) is 28.3. The molecule has 2 aliphatic rings. The third kappa shape index (κ3) is 6.55. The van der Waals surface area contributed by atoms with Crippen molar-refractivity contribution in [2.75, 3.05) is 25.0 Å². The largest absolute Gasteiger partial charge is 0.438 e. The lowest BCUT2D eigenvalue weighted by Crippen LogP contribution is -2.48. The van der Waals surface area contributed by atoms with E-state index in [-0.39, 0.29) is 11.7 Å². The first kappa shape index (κ1) is 28.7. The summed E-state index contributed by atoms with van der Waals surface area (Å²) in [7, 11) is 0. The molecule has 0 saturated carbocycles. The normalized spacial score (nSPS) is 17.1. The summed E-state index contributed by atoms with van der Waals surface area (Å²) in [5, 5.41) is 7.20. The second kappa shape index (κ2) is 12.4. The van der Waals surface area contributed by atoms with Gasteiger partial charge in [-0.25, -0.2) is 9.18 Å². The average Bonchev–Trinajstić information content (AvgIpc) is 2.94. The summed E-state index contributed by atoms with van der Waals surface area (Å²) in [5.74, 6) is -0.854. The number of halogens is 4. The minimum atomic E-state index is -0.833. The van der Waals surface area contributed by atoms with Crippen LogP contribution in [0, 0.1) is 5.82 Å². The van der Waals surface area contributed by atoms with Crippen LogP contribution in [-0.2, 0) is 21.7 Å². The number of carbonyl (C=O) groups excluding carboxylic acids is 2. The van der Waals surface area contributed by atoms with Crippen LogP contribution in [0.3, 0.4) is 0 Å². The van der Waals surface area contributed by atoms with Crippen molar-refractivity contribution in [3.63, 3.8) is 0 Å². The number of nitrogens with one attached hydrogen (secondary N) is 2. The number of likely N-dealkylation sites (tertiary alicyclic amines) is 1. The smallest absolute Gasteiger partial charge is 0.412 e. The van der Waals surface area contributed by atoms with Crippen molar-refractivity contribution in [3.8, 4) is 0 Å². The molecule has 1 saturated heterocycles. The van der Waals surface area contributed by atoms with E-state index in [0.717, 1.165) is 24.1 Å². The summed E-state index contributed by atoms with van der Waals surface area (Å²) in [6, 6.07) is 17.0. The van der Waals surface area contributed by atoms with Gasteiger partial charge in [-0.2, -0.15) is 0 Å². The van der Waals surface area contributed by atoms with Gasteiger partial charge in [0.05, 0.1) is 21.7 Å². The minimum Gasteiger partial charge on any atom is -0.438 e. The summed E-state index contributed by atoms with van der Waals surface area (Å²) in [6.07, 6.45) is 1.99. The molecule has 1 fully saturated rings. The van der Waals surface area contributed by atoms with Crippen LogP contribution in [0.15, 0.2) is 60.7 Å². The van der Waals surface area contributed by atoms with Gasteiger partial charge < -0.3 is 15.0 Å². The van der Waals surface area contributed by atoms with Gasteiger partial charge in [-0.1, -0.05) is 53.0 Å². The third-order valence-electron chi connectivity index (χ3n) is 7.67. The van der Waals surface area contributed by atoms with Gasteiger partial charge in [0, 0.05) is 43.1 Å². The molecule has 0 radical (unpaired) electrons. The summed E-state index contributed by atoms with van der Waals surface area (Å²) in [4.78, 5) is 27.8. The molecule has 0 aliphatic carbocycles. The van der Waals surface area contributed by atoms with Crippen LogP contribution in [-0.4, -0.2) is 36.5 Å². The predicted octanol–water partition coefficient (Wildman–Crippen LogP) is 7.52. The predicted molar refractivity (Wildman–Crippen MR) is 156 cm³/mol. The summed E-state index contributed by atoms with van der Waals surface area (Å²) in [5.41, 5.74) is 2.21. The van der Waals surface area contributed by atoms with Crippen LogP contribution < -0.4 is 10.6 Å². The summed E-state index contributed by atoms with van der Waals surface area (Å²) in [6.45, 7) is 2.52. The van der Waals surface area contributed by atoms with E-state index < -0.39 is 17.6 Å². The quantitative estimate of drug-likeness (QED) is 0.279. The fourth-order valence-electron chi connectivity index (χ4n) is 5.49. The molecule has 6 nitrogen and oxygen atoms in total. The standard InChI is InChI=1S/C30H29Cl3FN3O3/c31-21-6-3-19(4-7-21)18-35-28(38)23(20-5-9-25(32)26(33)16-20)2-1-13-37-14-11-30(12-15-37)24-17-22(34)8-10-27(24)36-29(39)40-30/h3-10,16-17,23H,1-2,11-15,18H2,(H,35,38)(H,36,39). The maximum absolute atomic E-state index is 14.0. The van der Waals surface area contributed by atoms with Gasteiger partial charge in [-0.3, -0.25) is 10.1 Å². The van der Waals surface area contributed by atoms with E-state index >= 15 is 0 Å². The number of benzene rings is 3. The van der Waals surface area contributed by atoms with Gasteiger partial charge in [0.2, 0.25) is 5.91 Å². The van der Waals surface area contributed by atoms with Gasteiger partial charge in [0.25, 0.3) is 0 Å². The average molecular weight is 605 g/mol. The lowest BCUT2D eigenvalue weighted by molar-refractivity contribution is -0.122. The fourth-order valence-corrected chi connectivity index (χ4v) is 5.92. The number of anilines is 1. The Kier molecular flexibility index (Phi) is 8.86. The van der Waals surface area contributed by atoms with E-state index in [2.05, 4.69) is 15.5 Å². The molecule has 1 atom stereocenters. The molecule has 2 N–H and O–H groups in total. The zero-order valence-corrected chi connectivity index (χ0v) is 24.0. The fraction of sp³-hybridized carbons (Fsp3) is 0.333. The monoisotopic (exact) mass is 603 g/mol. The second-order valence-corrected chi connectivity index (χ2v) is 11.5. The molecule has 210 valence electrons. The molecule has 2 heterocycles. The van der Waals surface area contributed by atoms with Crippen molar-refractivity contribution in [1.29, 1.82) is 0 Å². The molecule has 3 aromatic rings. The van der Waals surface area contributed by atoms with Crippen LogP contribution in [0.4, 0.5) is 14.9 Å². The van der Waals surface area contributed by atoms with E-state index in [1.54, 1.807) is 30.3 Å². The lowest BCUT2D eigenvalue weighted by atomic mass is 9.82. The van der Waals surface area contributed by atoms with Crippen LogP contribution in [0.1, 0.15) is 48.3 Å². The highest BCUT2D eigenvalue weighted by molar-refractivity contribution is 6.42. The third-order valence-corrected chi connectivity index (χ3v) is 8.66. The van der Waals surface area contributed by atoms with Gasteiger partial charge in [-0.15, -0.1) is 0 Å². The number of hydrogen-bond donors (Lipinski definition) is 2. The van der Waals surface area contributed by atoms with Crippen molar-refractivity contribution in [1.82, 2.24) is 10.2 Å². The van der Waals surface area contributed by atoms with Gasteiger partial charge >= 0.3 is 6.09 Å². The number of nitrogens with zero attached hydrogens (tertiary/aromatic N) is 1. The SMILES string of the molecule is O=C1Nc2ccc(F)cc2C2(CCN(CCCC(C(=O)NCc3ccc(Cl)cc3)c3ccc(Cl)c(Cl)c3)CC2)O1. The van der Waals surface area contributed by atoms with E-state index in [0.29, 0.717) is 65.2 Å². The summed E-state index contributed by atoms with van der Waals surface area (Å²) < 4.78 is 19.8. The molecule has 10 heteroatoms. The molecule has 2 amide bonds. The molecule has 5 rings (SSSR count). The number of piperidine rings is 1. The Hall–Kier alpha value is -2.84. The Morgan fingerprint density at radius 1 is 1.02 bits per heavy atom. The molecule has 2 aliphatic heterocycles. The molecule has 1 spiro atoms. The van der Waals surface area contributed by atoms with Gasteiger partial charge in [0.15, 0.2) is 0 Å². The second-order valence-electron chi connectivity index (χ2n) is 10.3. The van der Waals surface area contributed by atoms with E-state index in [4.69, 9.17) is 39.5 Å². The Labute approximate surface area is 247 Å². The highest BCUT2D eigenvalue weighted by Gasteiger charge is 2.44. The van der Waals surface area contributed by atoms with Crippen molar-refractivity contribution in [2.45, 2.75) is 43.7 Å². The number of rotatable bonds is 8. The maximum Gasteiger partial charge on any atom is 0.412 e. The van der Waals surface area contributed by atoms with Crippen molar-refractivity contribution in [2.24, 2.45) is 0 Å². The van der Waals surface area contributed by atoms with E-state index in [1.165, 1.54) is 12.1 Å². The first-order valence-electron chi connectivity index (χ1n) is 13.2. The van der Waals surface area contributed by atoms with E-state index in [1.807, 2.05) is 18.2 Å². The molecule has 40 heavy (non-hydrogen) atoms. The molecule has 0 bridgehead atoms. The Bertz CT molecular complexity index is 1390. The number of amides is 2. The van der Waals surface area contributed by atoms with E-state index in [9.17, 15) is 14.0 Å². The van der Waals surface area contributed by atoms with Gasteiger partial charge in [-0.05, 0) is 73.0 Å². The molecule has 0 aromatic heterocycles.